The summed E-state index contributed by atoms with van der Waals surface area (Å²) >= 11 is 1.38. The number of amides is 2. The SMILES string of the molecule is CN1C(=O)[C@@H](NC(=O)c2n[nH]c(Cc3ccccc3F)n2)CSc2cc(C#CC(C)(C)O)ncc21. The average Bonchev–Trinajstić information content (AvgIpc) is 3.25. The maximum atomic E-state index is 13.9. The van der Waals surface area contributed by atoms with Crippen molar-refractivity contribution in [2.75, 3.05) is 17.7 Å². The minimum absolute atomic E-state index is 0.135. The Bertz CT molecular complexity index is 1340. The van der Waals surface area contributed by atoms with Gasteiger partial charge in [0, 0.05) is 24.1 Å². The number of likely N-dealkylation sites (N-methyl/N-ethyl adjacent to an activating group) is 1. The van der Waals surface area contributed by atoms with Gasteiger partial charge in [0.25, 0.3) is 5.91 Å². The fraction of sp³-hybridized carbons (Fsp3) is 0.292. The van der Waals surface area contributed by atoms with Crippen LogP contribution in [0.3, 0.4) is 0 Å². The molecule has 180 valence electrons. The first-order chi connectivity index (χ1) is 16.6. The number of rotatable bonds is 4. The van der Waals surface area contributed by atoms with Crippen molar-refractivity contribution in [3.05, 3.63) is 65.3 Å². The van der Waals surface area contributed by atoms with Crippen LogP contribution in [0, 0.1) is 17.7 Å². The van der Waals surface area contributed by atoms with Gasteiger partial charge in [0.2, 0.25) is 11.7 Å². The number of benzene rings is 1. The van der Waals surface area contributed by atoms with Gasteiger partial charge in [-0.05, 0) is 37.5 Å². The molecule has 3 aromatic rings. The monoisotopic (exact) mass is 494 g/mol. The van der Waals surface area contributed by atoms with Gasteiger partial charge < -0.3 is 15.3 Å². The van der Waals surface area contributed by atoms with Gasteiger partial charge in [-0.25, -0.2) is 14.4 Å². The van der Waals surface area contributed by atoms with Crippen LogP contribution in [-0.2, 0) is 11.2 Å². The van der Waals surface area contributed by atoms with Crippen molar-refractivity contribution in [3.8, 4) is 11.8 Å². The highest BCUT2D eigenvalue weighted by molar-refractivity contribution is 7.99. The second-order valence-corrected chi connectivity index (χ2v) is 9.52. The van der Waals surface area contributed by atoms with E-state index in [9.17, 15) is 19.1 Å². The van der Waals surface area contributed by atoms with E-state index < -0.39 is 17.6 Å². The minimum atomic E-state index is -1.15. The molecule has 2 aromatic heterocycles. The first kappa shape index (κ1) is 24.4. The first-order valence-corrected chi connectivity index (χ1v) is 11.7. The summed E-state index contributed by atoms with van der Waals surface area (Å²) in [6.45, 7) is 3.16. The summed E-state index contributed by atoms with van der Waals surface area (Å²) in [5.41, 5.74) is 0.324. The Balaban J connectivity index is 1.46. The summed E-state index contributed by atoms with van der Waals surface area (Å²) in [7, 11) is 1.61. The molecular weight excluding hydrogens is 471 g/mol. The number of carbonyl (C=O) groups is 2. The van der Waals surface area contributed by atoms with Crippen molar-refractivity contribution in [1.82, 2.24) is 25.5 Å². The van der Waals surface area contributed by atoms with Crippen LogP contribution >= 0.6 is 11.8 Å². The topological polar surface area (TPSA) is 124 Å². The molecule has 0 spiro atoms. The average molecular weight is 495 g/mol. The Morgan fingerprint density at radius 2 is 2.17 bits per heavy atom. The lowest BCUT2D eigenvalue weighted by molar-refractivity contribution is -0.119. The number of fused-ring (bicyclic) bond motifs is 1. The van der Waals surface area contributed by atoms with E-state index in [2.05, 4.69) is 37.3 Å². The molecular formula is C24H23FN6O3S. The number of aliphatic hydroxyl groups is 1. The predicted molar refractivity (Wildman–Crippen MR) is 128 cm³/mol. The number of halogens is 1. The van der Waals surface area contributed by atoms with E-state index >= 15 is 0 Å². The van der Waals surface area contributed by atoms with E-state index in [0.717, 1.165) is 4.90 Å². The van der Waals surface area contributed by atoms with Gasteiger partial charge in [-0.3, -0.25) is 14.7 Å². The van der Waals surface area contributed by atoms with Crippen molar-refractivity contribution < 1.29 is 19.1 Å². The molecule has 3 heterocycles. The molecule has 9 nitrogen and oxygen atoms in total. The molecule has 0 bridgehead atoms. The number of anilines is 1. The fourth-order valence-corrected chi connectivity index (χ4v) is 4.41. The maximum absolute atomic E-state index is 13.9. The zero-order chi connectivity index (χ0) is 25.2. The lowest BCUT2D eigenvalue weighted by atomic mass is 10.1. The van der Waals surface area contributed by atoms with Crippen LogP contribution in [0.5, 0.6) is 0 Å². The third-order valence-corrected chi connectivity index (χ3v) is 6.23. The highest BCUT2D eigenvalue weighted by Gasteiger charge is 2.31. The number of carbonyl (C=O) groups excluding carboxylic acids is 2. The molecule has 0 radical (unpaired) electrons. The van der Waals surface area contributed by atoms with E-state index in [1.54, 1.807) is 51.4 Å². The molecule has 11 heteroatoms. The third kappa shape index (κ3) is 5.85. The van der Waals surface area contributed by atoms with Gasteiger partial charge >= 0.3 is 0 Å². The van der Waals surface area contributed by atoms with Gasteiger partial charge in [0.15, 0.2) is 0 Å². The van der Waals surface area contributed by atoms with E-state index in [1.165, 1.54) is 22.7 Å². The van der Waals surface area contributed by atoms with Gasteiger partial charge in [-0.2, -0.15) is 0 Å². The Morgan fingerprint density at radius 3 is 2.91 bits per heavy atom. The zero-order valence-electron chi connectivity index (χ0n) is 19.3. The van der Waals surface area contributed by atoms with Crippen molar-refractivity contribution in [1.29, 1.82) is 0 Å². The lowest BCUT2D eigenvalue weighted by Crippen LogP contribution is -2.48. The molecule has 0 saturated carbocycles. The molecule has 0 saturated heterocycles. The van der Waals surface area contributed by atoms with E-state index in [4.69, 9.17) is 0 Å². The second kappa shape index (κ2) is 9.85. The molecule has 0 unspecified atom stereocenters. The number of thioether (sulfide) groups is 1. The van der Waals surface area contributed by atoms with Gasteiger partial charge in [-0.15, -0.1) is 16.9 Å². The first-order valence-electron chi connectivity index (χ1n) is 10.7. The molecule has 0 fully saturated rings. The Morgan fingerprint density at radius 1 is 1.40 bits per heavy atom. The lowest BCUT2D eigenvalue weighted by Gasteiger charge is -2.20. The van der Waals surface area contributed by atoms with Crippen LogP contribution in [0.15, 0.2) is 41.4 Å². The minimum Gasteiger partial charge on any atom is -0.378 e. The zero-order valence-corrected chi connectivity index (χ0v) is 20.1. The van der Waals surface area contributed by atoms with Crippen LogP contribution in [-0.4, -0.2) is 61.5 Å². The molecule has 1 atom stereocenters. The van der Waals surface area contributed by atoms with Crippen molar-refractivity contribution in [2.24, 2.45) is 0 Å². The Hall–Kier alpha value is -3.75. The third-order valence-electron chi connectivity index (χ3n) is 5.09. The summed E-state index contributed by atoms with van der Waals surface area (Å²) in [5.74, 6) is 4.71. The molecule has 1 aliphatic heterocycles. The van der Waals surface area contributed by atoms with E-state index in [1.807, 2.05) is 0 Å². The number of aromatic amines is 1. The number of hydrogen-bond donors (Lipinski definition) is 3. The highest BCUT2D eigenvalue weighted by Crippen LogP contribution is 2.33. The van der Waals surface area contributed by atoms with E-state index in [-0.39, 0.29) is 29.7 Å². The van der Waals surface area contributed by atoms with Gasteiger partial charge in [0.05, 0.1) is 11.9 Å². The summed E-state index contributed by atoms with van der Waals surface area (Å²) < 4.78 is 13.9. The van der Waals surface area contributed by atoms with Gasteiger partial charge in [0.1, 0.15) is 29.0 Å². The number of H-pyrrole nitrogens is 1. The summed E-state index contributed by atoms with van der Waals surface area (Å²) in [4.78, 5) is 36.4. The second-order valence-electron chi connectivity index (χ2n) is 8.45. The Kier molecular flexibility index (Phi) is 6.86. The smallest absolute Gasteiger partial charge is 0.291 e. The predicted octanol–water partition coefficient (Wildman–Crippen LogP) is 1.92. The summed E-state index contributed by atoms with van der Waals surface area (Å²) in [6, 6.07) is 7.20. The van der Waals surface area contributed by atoms with Crippen molar-refractivity contribution in [2.45, 2.75) is 36.8 Å². The Labute approximate surface area is 205 Å². The maximum Gasteiger partial charge on any atom is 0.291 e. The molecule has 35 heavy (non-hydrogen) atoms. The molecule has 1 aromatic carbocycles. The number of aromatic nitrogens is 4. The number of nitrogens with zero attached hydrogens (tertiary/aromatic N) is 4. The normalized spacial score (nSPS) is 15.6. The largest absolute Gasteiger partial charge is 0.378 e. The molecule has 1 aliphatic rings. The van der Waals surface area contributed by atoms with Crippen LogP contribution < -0.4 is 10.2 Å². The summed E-state index contributed by atoms with van der Waals surface area (Å²) in [6.07, 6.45) is 1.69. The van der Waals surface area contributed by atoms with Crippen LogP contribution in [0.4, 0.5) is 10.1 Å². The molecule has 0 aliphatic carbocycles. The molecule has 4 rings (SSSR count). The van der Waals surface area contributed by atoms with Crippen LogP contribution in [0.2, 0.25) is 0 Å². The summed E-state index contributed by atoms with van der Waals surface area (Å²) in [5, 5.41) is 19.1. The number of pyridine rings is 1. The molecule has 3 N–H and O–H groups in total. The standard InChI is InChI=1S/C24H23FN6O3S/c1-24(2,34)9-8-15-11-19-18(12-26-15)31(3)23(33)17(13-35-19)27-22(32)21-28-20(29-30-21)10-14-6-4-5-7-16(14)25/h4-7,11-12,17,34H,10,13H2,1-3H3,(H,27,32)(H,28,29,30)/t17-/m0/s1. The van der Waals surface area contributed by atoms with Crippen LogP contribution in [0.1, 0.15) is 41.5 Å². The molecule has 2 amide bonds. The highest BCUT2D eigenvalue weighted by atomic mass is 32.2. The number of hydrogen-bond acceptors (Lipinski definition) is 7. The van der Waals surface area contributed by atoms with Crippen molar-refractivity contribution in [3.63, 3.8) is 0 Å². The number of nitrogens with one attached hydrogen (secondary N) is 2. The quantitative estimate of drug-likeness (QED) is 0.474. The fourth-order valence-electron chi connectivity index (χ4n) is 3.30. The van der Waals surface area contributed by atoms with Gasteiger partial charge in [-0.1, -0.05) is 24.1 Å². The van der Waals surface area contributed by atoms with E-state index in [0.29, 0.717) is 22.8 Å². The van der Waals surface area contributed by atoms with Crippen molar-refractivity contribution >= 4 is 29.3 Å². The van der Waals surface area contributed by atoms with Crippen LogP contribution in [0.25, 0.3) is 0 Å².